The van der Waals surface area contributed by atoms with Gasteiger partial charge in [-0.25, -0.2) is 0 Å². The SMILES string of the molecule is CCCCN(C=O)C(NC=O)N(C)C. The molecule has 82 valence electrons. The molecule has 2 amide bonds. The van der Waals surface area contributed by atoms with Crippen LogP contribution in [0, 0.1) is 0 Å². The summed E-state index contributed by atoms with van der Waals surface area (Å²) in [4.78, 5) is 24.5. The summed E-state index contributed by atoms with van der Waals surface area (Å²) in [5.74, 6) is 0. The van der Waals surface area contributed by atoms with Crippen LogP contribution in [0.25, 0.3) is 0 Å². The van der Waals surface area contributed by atoms with Crippen molar-refractivity contribution < 1.29 is 9.59 Å². The van der Waals surface area contributed by atoms with E-state index in [2.05, 4.69) is 12.2 Å². The van der Waals surface area contributed by atoms with Crippen molar-refractivity contribution in [3.63, 3.8) is 0 Å². The van der Waals surface area contributed by atoms with Crippen LogP contribution < -0.4 is 5.32 Å². The Morgan fingerprint density at radius 1 is 1.36 bits per heavy atom. The predicted octanol–water partition coefficient (Wildman–Crippen LogP) is -0.164. The van der Waals surface area contributed by atoms with E-state index in [1.807, 2.05) is 14.1 Å². The van der Waals surface area contributed by atoms with E-state index in [4.69, 9.17) is 0 Å². The molecule has 0 aliphatic heterocycles. The predicted molar refractivity (Wildman–Crippen MR) is 54.4 cm³/mol. The van der Waals surface area contributed by atoms with E-state index in [0.717, 1.165) is 19.3 Å². The lowest BCUT2D eigenvalue weighted by atomic mass is 10.3. The number of rotatable bonds is 8. The highest BCUT2D eigenvalue weighted by atomic mass is 16.1. The van der Waals surface area contributed by atoms with Crippen molar-refractivity contribution in [2.45, 2.75) is 26.1 Å². The molecule has 1 unspecified atom stereocenters. The summed E-state index contributed by atoms with van der Waals surface area (Å²) in [6.07, 6.45) is 2.97. The molecule has 0 fully saturated rings. The maximum Gasteiger partial charge on any atom is 0.212 e. The van der Waals surface area contributed by atoms with Crippen LogP contribution in [0.2, 0.25) is 0 Å². The smallest absolute Gasteiger partial charge is 0.212 e. The van der Waals surface area contributed by atoms with Crippen molar-refractivity contribution in [1.82, 2.24) is 15.1 Å². The van der Waals surface area contributed by atoms with Gasteiger partial charge in [0.15, 0.2) is 6.29 Å². The molecule has 0 heterocycles. The number of unbranched alkanes of at least 4 members (excludes halogenated alkanes) is 1. The average Bonchev–Trinajstić information content (AvgIpc) is 2.17. The number of hydrogen-bond donors (Lipinski definition) is 1. The molecular formula is C9H19N3O2. The molecule has 1 atom stereocenters. The van der Waals surface area contributed by atoms with E-state index in [0.29, 0.717) is 13.0 Å². The quantitative estimate of drug-likeness (QED) is 0.438. The highest BCUT2D eigenvalue weighted by molar-refractivity contribution is 5.51. The summed E-state index contributed by atoms with van der Waals surface area (Å²) in [5.41, 5.74) is 0. The normalized spacial score (nSPS) is 12.3. The molecule has 0 spiro atoms. The third kappa shape index (κ3) is 4.23. The number of carbonyl (C=O) groups is 2. The molecule has 0 aromatic rings. The third-order valence-electron chi connectivity index (χ3n) is 1.93. The Balaban J connectivity index is 4.24. The van der Waals surface area contributed by atoms with Crippen LogP contribution in [0.1, 0.15) is 19.8 Å². The lowest BCUT2D eigenvalue weighted by Gasteiger charge is -2.32. The Morgan fingerprint density at radius 2 is 2.00 bits per heavy atom. The van der Waals surface area contributed by atoms with E-state index in [1.165, 1.54) is 0 Å². The fourth-order valence-corrected chi connectivity index (χ4v) is 1.18. The van der Waals surface area contributed by atoms with Crippen LogP contribution in [0.5, 0.6) is 0 Å². The Labute approximate surface area is 85.1 Å². The van der Waals surface area contributed by atoms with Gasteiger partial charge in [0.05, 0.1) is 0 Å². The van der Waals surface area contributed by atoms with Crippen LogP contribution in [0.15, 0.2) is 0 Å². The van der Waals surface area contributed by atoms with Gasteiger partial charge < -0.3 is 10.2 Å². The largest absolute Gasteiger partial charge is 0.326 e. The number of amides is 2. The number of nitrogens with one attached hydrogen (secondary N) is 1. The first kappa shape index (κ1) is 12.9. The zero-order chi connectivity index (χ0) is 11.0. The lowest BCUT2D eigenvalue weighted by molar-refractivity contribution is -0.126. The molecule has 0 saturated carbocycles. The first-order chi connectivity index (χ1) is 6.67. The standard InChI is InChI=1S/C9H19N3O2/c1-4-5-6-12(8-14)9(10-7-13)11(2)3/h7-9H,4-6H2,1-3H3,(H,10,13). The summed E-state index contributed by atoms with van der Waals surface area (Å²) >= 11 is 0. The maximum absolute atomic E-state index is 10.8. The summed E-state index contributed by atoms with van der Waals surface area (Å²) in [6.45, 7) is 2.71. The third-order valence-corrected chi connectivity index (χ3v) is 1.93. The first-order valence-electron chi connectivity index (χ1n) is 4.74. The number of nitrogens with zero attached hydrogens (tertiary/aromatic N) is 2. The summed E-state index contributed by atoms with van der Waals surface area (Å²) < 4.78 is 0. The molecule has 5 heteroatoms. The van der Waals surface area contributed by atoms with Crippen LogP contribution in [0.4, 0.5) is 0 Å². The van der Waals surface area contributed by atoms with Crippen molar-refractivity contribution >= 4 is 12.8 Å². The maximum atomic E-state index is 10.8. The van der Waals surface area contributed by atoms with Crippen LogP contribution in [-0.2, 0) is 9.59 Å². The van der Waals surface area contributed by atoms with Crippen molar-refractivity contribution in [1.29, 1.82) is 0 Å². The molecule has 0 rings (SSSR count). The van der Waals surface area contributed by atoms with Crippen LogP contribution in [-0.4, -0.2) is 49.5 Å². The van der Waals surface area contributed by atoms with E-state index in [1.54, 1.807) is 9.80 Å². The highest BCUT2D eigenvalue weighted by Crippen LogP contribution is 1.99. The summed E-state index contributed by atoms with van der Waals surface area (Å²) in [7, 11) is 3.62. The number of carbonyl (C=O) groups excluding carboxylic acids is 2. The van der Waals surface area contributed by atoms with Gasteiger partial charge in [-0.3, -0.25) is 14.5 Å². The van der Waals surface area contributed by atoms with Gasteiger partial charge >= 0.3 is 0 Å². The molecule has 14 heavy (non-hydrogen) atoms. The molecular weight excluding hydrogens is 182 g/mol. The summed E-state index contributed by atoms with van der Waals surface area (Å²) in [6, 6.07) is 0. The highest BCUT2D eigenvalue weighted by Gasteiger charge is 2.16. The van der Waals surface area contributed by atoms with Gasteiger partial charge in [0.25, 0.3) is 0 Å². The van der Waals surface area contributed by atoms with Crippen LogP contribution in [0.3, 0.4) is 0 Å². The molecule has 0 radical (unpaired) electrons. The van der Waals surface area contributed by atoms with Gasteiger partial charge in [-0.05, 0) is 20.5 Å². The molecule has 0 saturated heterocycles. The fourth-order valence-electron chi connectivity index (χ4n) is 1.18. The molecule has 0 aliphatic rings. The Morgan fingerprint density at radius 3 is 2.36 bits per heavy atom. The molecule has 1 N–H and O–H groups in total. The average molecular weight is 201 g/mol. The van der Waals surface area contributed by atoms with E-state index in [9.17, 15) is 9.59 Å². The van der Waals surface area contributed by atoms with Crippen molar-refractivity contribution in [3.05, 3.63) is 0 Å². The van der Waals surface area contributed by atoms with Gasteiger partial charge in [-0.1, -0.05) is 13.3 Å². The monoisotopic (exact) mass is 201 g/mol. The van der Waals surface area contributed by atoms with Crippen molar-refractivity contribution in [3.8, 4) is 0 Å². The van der Waals surface area contributed by atoms with Gasteiger partial charge in [0, 0.05) is 6.54 Å². The second-order valence-corrected chi connectivity index (χ2v) is 3.32. The van der Waals surface area contributed by atoms with Gasteiger partial charge in [0.1, 0.15) is 0 Å². The molecule has 5 nitrogen and oxygen atoms in total. The lowest BCUT2D eigenvalue weighted by Crippen LogP contribution is -2.53. The van der Waals surface area contributed by atoms with E-state index >= 15 is 0 Å². The molecule has 0 aromatic carbocycles. The minimum atomic E-state index is -0.350. The zero-order valence-corrected chi connectivity index (χ0v) is 9.06. The Kier molecular flexibility index (Phi) is 6.74. The number of hydrogen-bond acceptors (Lipinski definition) is 3. The fraction of sp³-hybridized carbons (Fsp3) is 0.778. The van der Waals surface area contributed by atoms with Crippen LogP contribution >= 0.6 is 0 Å². The second-order valence-electron chi connectivity index (χ2n) is 3.32. The van der Waals surface area contributed by atoms with Crippen molar-refractivity contribution in [2.75, 3.05) is 20.6 Å². The molecule has 0 bridgehead atoms. The Hall–Kier alpha value is -1.10. The van der Waals surface area contributed by atoms with Gasteiger partial charge in [-0.2, -0.15) is 0 Å². The van der Waals surface area contributed by atoms with E-state index < -0.39 is 0 Å². The first-order valence-corrected chi connectivity index (χ1v) is 4.74. The minimum absolute atomic E-state index is 0.350. The topological polar surface area (TPSA) is 52.7 Å². The second kappa shape index (κ2) is 7.32. The minimum Gasteiger partial charge on any atom is -0.326 e. The molecule has 0 aliphatic carbocycles. The Bertz CT molecular complexity index is 173. The van der Waals surface area contributed by atoms with E-state index in [-0.39, 0.29) is 6.29 Å². The summed E-state index contributed by atoms with van der Waals surface area (Å²) in [5, 5.41) is 2.58. The zero-order valence-electron chi connectivity index (χ0n) is 9.06. The van der Waals surface area contributed by atoms with Gasteiger partial charge in [-0.15, -0.1) is 0 Å². The van der Waals surface area contributed by atoms with Gasteiger partial charge in [0.2, 0.25) is 12.8 Å². The molecule has 0 aromatic heterocycles. The van der Waals surface area contributed by atoms with Crippen molar-refractivity contribution in [2.24, 2.45) is 0 Å².